The number of carbonyl (C=O) groups excluding carboxylic acids is 2. The lowest BCUT2D eigenvalue weighted by atomic mass is 10.0. The molecule has 1 aliphatic heterocycles. The molecule has 1 atom stereocenters. The largest absolute Gasteiger partial charge is 0.388 e. The molecule has 1 saturated carbocycles. The first-order valence-corrected chi connectivity index (χ1v) is 6.05. The molecule has 3 N–H and O–H groups in total. The van der Waals surface area contributed by atoms with Crippen molar-refractivity contribution in [3.05, 3.63) is 23.8 Å². The van der Waals surface area contributed by atoms with E-state index in [2.05, 4.69) is 10.6 Å². The molecule has 0 radical (unpaired) electrons. The van der Waals surface area contributed by atoms with Gasteiger partial charge in [-0.25, -0.2) is 0 Å². The Morgan fingerprint density at radius 3 is 2.44 bits per heavy atom. The van der Waals surface area contributed by atoms with Crippen molar-refractivity contribution in [1.82, 2.24) is 0 Å². The normalized spacial score (nSPS) is 20.5. The highest BCUT2D eigenvalue weighted by molar-refractivity contribution is 6.13. The maximum Gasteiger partial charge on any atom is 0.233 e. The van der Waals surface area contributed by atoms with E-state index in [-0.39, 0.29) is 18.2 Å². The zero-order chi connectivity index (χ0) is 12.7. The van der Waals surface area contributed by atoms with Gasteiger partial charge in [-0.15, -0.1) is 0 Å². The van der Waals surface area contributed by atoms with E-state index in [4.69, 9.17) is 0 Å². The maximum atomic E-state index is 11.4. The molecule has 0 aromatic heterocycles. The second-order valence-corrected chi connectivity index (χ2v) is 4.86. The van der Waals surface area contributed by atoms with E-state index >= 15 is 0 Å². The van der Waals surface area contributed by atoms with Gasteiger partial charge >= 0.3 is 0 Å². The van der Waals surface area contributed by atoms with Crippen LogP contribution in [0.25, 0.3) is 0 Å². The third-order valence-electron chi connectivity index (χ3n) is 3.32. The van der Waals surface area contributed by atoms with Gasteiger partial charge in [0.15, 0.2) is 0 Å². The minimum atomic E-state index is -0.480. The predicted octanol–water partition coefficient (Wildman–Crippen LogP) is 1.41. The Kier molecular flexibility index (Phi) is 2.56. The summed E-state index contributed by atoms with van der Waals surface area (Å²) in [5.74, 6) is -0.315. The van der Waals surface area contributed by atoms with Crippen molar-refractivity contribution < 1.29 is 14.7 Å². The molecular formula is C13H14N2O3. The first-order chi connectivity index (χ1) is 8.63. The summed E-state index contributed by atoms with van der Waals surface area (Å²) in [7, 11) is 0. The van der Waals surface area contributed by atoms with E-state index < -0.39 is 6.10 Å². The fourth-order valence-electron chi connectivity index (χ4n) is 2.18. The van der Waals surface area contributed by atoms with E-state index in [1.54, 1.807) is 18.2 Å². The van der Waals surface area contributed by atoms with E-state index in [9.17, 15) is 14.7 Å². The molecule has 5 nitrogen and oxygen atoms in total. The molecule has 1 aromatic carbocycles. The number of benzene rings is 1. The highest BCUT2D eigenvalue weighted by Crippen LogP contribution is 2.42. The summed E-state index contributed by atoms with van der Waals surface area (Å²) >= 11 is 0. The molecule has 94 valence electrons. The van der Waals surface area contributed by atoms with E-state index in [0.717, 1.165) is 18.4 Å². The van der Waals surface area contributed by atoms with Crippen molar-refractivity contribution in [3.8, 4) is 0 Å². The fourth-order valence-corrected chi connectivity index (χ4v) is 2.18. The molecule has 1 unspecified atom stereocenters. The summed E-state index contributed by atoms with van der Waals surface area (Å²) in [6.45, 7) is 0. The summed E-state index contributed by atoms with van der Waals surface area (Å²) in [6, 6.07) is 5.25. The van der Waals surface area contributed by atoms with Crippen molar-refractivity contribution in [2.75, 3.05) is 10.6 Å². The molecule has 5 heteroatoms. The topological polar surface area (TPSA) is 78.4 Å². The average molecular weight is 246 g/mol. The summed E-state index contributed by atoms with van der Waals surface area (Å²) in [4.78, 5) is 22.8. The third kappa shape index (κ3) is 2.09. The quantitative estimate of drug-likeness (QED) is 0.690. The molecule has 3 rings (SSSR count). The van der Waals surface area contributed by atoms with Crippen LogP contribution in [0.4, 0.5) is 11.4 Å². The van der Waals surface area contributed by atoms with E-state index in [1.807, 2.05) is 0 Å². The van der Waals surface area contributed by atoms with Gasteiger partial charge in [0.1, 0.15) is 6.42 Å². The van der Waals surface area contributed by atoms with Crippen molar-refractivity contribution >= 4 is 23.2 Å². The van der Waals surface area contributed by atoms with Gasteiger partial charge in [0, 0.05) is 0 Å². The number of anilines is 2. The monoisotopic (exact) mass is 246 g/mol. The Bertz CT molecular complexity index is 523. The van der Waals surface area contributed by atoms with Crippen molar-refractivity contribution in [2.24, 2.45) is 5.92 Å². The van der Waals surface area contributed by atoms with Crippen molar-refractivity contribution in [3.63, 3.8) is 0 Å². The Balaban J connectivity index is 1.93. The lowest BCUT2D eigenvalue weighted by Gasteiger charge is -2.13. The highest BCUT2D eigenvalue weighted by atomic mass is 16.3. The van der Waals surface area contributed by atoms with Crippen molar-refractivity contribution in [2.45, 2.75) is 25.4 Å². The molecule has 0 bridgehead atoms. The van der Waals surface area contributed by atoms with Gasteiger partial charge in [0.2, 0.25) is 11.8 Å². The van der Waals surface area contributed by atoms with E-state index in [1.165, 1.54) is 0 Å². The lowest BCUT2D eigenvalue weighted by Crippen LogP contribution is -2.16. The second-order valence-electron chi connectivity index (χ2n) is 4.86. The lowest BCUT2D eigenvalue weighted by molar-refractivity contribution is -0.123. The number of carbonyl (C=O) groups is 2. The number of fused-ring (bicyclic) bond motifs is 1. The van der Waals surface area contributed by atoms with Crippen LogP contribution in [0.3, 0.4) is 0 Å². The zero-order valence-electron chi connectivity index (χ0n) is 9.77. The Morgan fingerprint density at radius 2 is 1.78 bits per heavy atom. The molecule has 1 aliphatic carbocycles. The van der Waals surface area contributed by atoms with Crippen LogP contribution in [-0.2, 0) is 9.59 Å². The van der Waals surface area contributed by atoms with Crippen LogP contribution < -0.4 is 10.6 Å². The zero-order valence-corrected chi connectivity index (χ0v) is 9.77. The molecule has 2 amide bonds. The standard InChI is InChI=1S/C13H14N2O3/c16-11-6-12(17)15-10-5-8(3-4-9(10)14-11)13(18)7-1-2-7/h3-5,7,13,18H,1-2,6H2,(H,14,16)(H,15,17). The average Bonchev–Trinajstić information content (AvgIpc) is 3.13. The Hall–Kier alpha value is -1.88. The van der Waals surface area contributed by atoms with Gasteiger partial charge in [-0.3, -0.25) is 9.59 Å². The summed E-state index contributed by atoms with van der Waals surface area (Å²) in [6.07, 6.45) is 1.43. The summed E-state index contributed by atoms with van der Waals surface area (Å²) < 4.78 is 0. The van der Waals surface area contributed by atoms with E-state index in [0.29, 0.717) is 17.3 Å². The number of rotatable bonds is 2. The molecule has 1 fully saturated rings. The van der Waals surface area contributed by atoms with Gasteiger partial charge in [-0.05, 0) is 36.5 Å². The number of nitrogens with one attached hydrogen (secondary N) is 2. The first-order valence-electron chi connectivity index (χ1n) is 6.05. The minimum absolute atomic E-state index is 0.171. The SMILES string of the molecule is O=C1CC(=O)Nc2cc(C(O)C3CC3)ccc2N1. The number of amides is 2. The molecular weight excluding hydrogens is 232 g/mol. The Labute approximate surface area is 104 Å². The van der Waals surface area contributed by atoms with Crippen LogP contribution >= 0.6 is 0 Å². The third-order valence-corrected chi connectivity index (χ3v) is 3.32. The highest BCUT2D eigenvalue weighted by Gasteiger charge is 2.31. The fraction of sp³-hybridized carbons (Fsp3) is 0.385. The number of aliphatic hydroxyl groups excluding tert-OH is 1. The van der Waals surface area contributed by atoms with Crippen LogP contribution in [-0.4, -0.2) is 16.9 Å². The molecule has 0 saturated heterocycles. The summed E-state index contributed by atoms with van der Waals surface area (Å²) in [5, 5.41) is 15.4. The number of hydrogen-bond acceptors (Lipinski definition) is 3. The first kappa shape index (κ1) is 11.2. The molecule has 1 aromatic rings. The van der Waals surface area contributed by atoms with Gasteiger partial charge in [-0.1, -0.05) is 6.07 Å². The number of hydrogen-bond donors (Lipinski definition) is 3. The molecule has 2 aliphatic rings. The summed E-state index contributed by atoms with van der Waals surface area (Å²) in [5.41, 5.74) is 1.92. The number of aliphatic hydroxyl groups is 1. The molecule has 18 heavy (non-hydrogen) atoms. The van der Waals surface area contributed by atoms with Gasteiger partial charge in [0.25, 0.3) is 0 Å². The minimum Gasteiger partial charge on any atom is -0.388 e. The van der Waals surface area contributed by atoms with Crippen LogP contribution in [0.5, 0.6) is 0 Å². The van der Waals surface area contributed by atoms with Crippen LogP contribution in [0.2, 0.25) is 0 Å². The van der Waals surface area contributed by atoms with Crippen molar-refractivity contribution in [1.29, 1.82) is 0 Å². The Morgan fingerprint density at radius 1 is 1.11 bits per heavy atom. The van der Waals surface area contributed by atoms with Crippen LogP contribution in [0.1, 0.15) is 30.9 Å². The smallest absolute Gasteiger partial charge is 0.233 e. The van der Waals surface area contributed by atoms with Gasteiger partial charge in [-0.2, -0.15) is 0 Å². The van der Waals surface area contributed by atoms with Gasteiger partial charge < -0.3 is 15.7 Å². The molecule has 0 spiro atoms. The second kappa shape index (κ2) is 4.10. The van der Waals surface area contributed by atoms with Crippen LogP contribution in [0.15, 0.2) is 18.2 Å². The van der Waals surface area contributed by atoms with Gasteiger partial charge in [0.05, 0.1) is 17.5 Å². The van der Waals surface area contributed by atoms with Crippen LogP contribution in [0, 0.1) is 5.92 Å². The molecule has 1 heterocycles. The predicted molar refractivity (Wildman–Crippen MR) is 66.0 cm³/mol. The maximum absolute atomic E-state index is 11.4.